The second-order valence-corrected chi connectivity index (χ2v) is 7.92. The number of anilines is 2. The molecule has 0 unspecified atom stereocenters. The lowest BCUT2D eigenvalue weighted by atomic mass is 9.81. The Balaban J connectivity index is 1.74. The molecule has 2 aromatic carbocycles. The second-order valence-electron chi connectivity index (χ2n) is 7.92. The van der Waals surface area contributed by atoms with Gasteiger partial charge in [-0.15, -0.1) is 0 Å². The molecule has 5 nitrogen and oxygen atoms in total. The van der Waals surface area contributed by atoms with Crippen molar-refractivity contribution in [2.24, 2.45) is 0 Å². The Morgan fingerprint density at radius 2 is 1.36 bits per heavy atom. The second kappa shape index (κ2) is 8.46. The van der Waals surface area contributed by atoms with Crippen LogP contribution in [0.4, 0.5) is 16.2 Å². The molecule has 0 heterocycles. The van der Waals surface area contributed by atoms with Gasteiger partial charge in [0.2, 0.25) is 5.91 Å². The Morgan fingerprint density at radius 3 is 1.96 bits per heavy atom. The van der Waals surface area contributed by atoms with E-state index in [0.717, 1.165) is 41.6 Å². The van der Waals surface area contributed by atoms with E-state index in [9.17, 15) is 9.59 Å². The van der Waals surface area contributed by atoms with Crippen LogP contribution < -0.4 is 16.0 Å². The van der Waals surface area contributed by atoms with Crippen molar-refractivity contribution >= 4 is 23.3 Å². The molecule has 3 amide bonds. The normalized spacial score (nSPS) is 15.5. The topological polar surface area (TPSA) is 70.2 Å². The Hall–Kier alpha value is -2.82. The minimum atomic E-state index is -0.884. The summed E-state index contributed by atoms with van der Waals surface area (Å²) < 4.78 is 0. The van der Waals surface area contributed by atoms with Crippen LogP contribution in [0.15, 0.2) is 42.5 Å². The van der Waals surface area contributed by atoms with Crippen molar-refractivity contribution in [3.05, 3.63) is 59.2 Å². The van der Waals surface area contributed by atoms with Gasteiger partial charge in [-0.25, -0.2) is 4.79 Å². The van der Waals surface area contributed by atoms with Gasteiger partial charge >= 0.3 is 6.03 Å². The molecule has 1 fully saturated rings. The van der Waals surface area contributed by atoms with Crippen molar-refractivity contribution in [1.29, 1.82) is 0 Å². The summed E-state index contributed by atoms with van der Waals surface area (Å²) in [5, 5.41) is 8.86. The van der Waals surface area contributed by atoms with Gasteiger partial charge in [-0.2, -0.15) is 0 Å². The van der Waals surface area contributed by atoms with E-state index >= 15 is 0 Å². The van der Waals surface area contributed by atoms with Crippen molar-refractivity contribution in [1.82, 2.24) is 5.32 Å². The molecule has 0 spiro atoms. The van der Waals surface area contributed by atoms with Gasteiger partial charge in [0.05, 0.1) is 0 Å². The Bertz CT molecular complexity index is 832. The van der Waals surface area contributed by atoms with E-state index in [4.69, 9.17) is 0 Å². The summed E-state index contributed by atoms with van der Waals surface area (Å²) in [6.45, 7) is 6.01. The molecule has 0 saturated heterocycles. The third-order valence-electron chi connectivity index (χ3n) is 5.28. The lowest BCUT2D eigenvalue weighted by molar-refractivity contribution is -0.123. The number of rotatable bonds is 4. The van der Waals surface area contributed by atoms with E-state index in [0.29, 0.717) is 18.5 Å². The summed E-state index contributed by atoms with van der Waals surface area (Å²) in [5.74, 6) is -0.142. The zero-order chi connectivity index (χ0) is 20.1. The van der Waals surface area contributed by atoms with Crippen LogP contribution in [0, 0.1) is 20.8 Å². The molecule has 0 aliphatic heterocycles. The lowest BCUT2D eigenvalue weighted by Crippen LogP contribution is -2.58. The monoisotopic (exact) mass is 379 g/mol. The molecule has 1 aliphatic rings. The maximum atomic E-state index is 13.2. The van der Waals surface area contributed by atoms with Crippen LogP contribution in [-0.2, 0) is 4.79 Å². The maximum absolute atomic E-state index is 13.2. The molecule has 28 heavy (non-hydrogen) atoms. The minimum Gasteiger partial charge on any atom is -0.324 e. The molecule has 0 bridgehead atoms. The van der Waals surface area contributed by atoms with Gasteiger partial charge in [0.1, 0.15) is 5.54 Å². The highest BCUT2D eigenvalue weighted by Gasteiger charge is 2.41. The molecule has 148 valence electrons. The van der Waals surface area contributed by atoms with Crippen molar-refractivity contribution in [2.45, 2.75) is 58.4 Å². The van der Waals surface area contributed by atoms with Crippen molar-refractivity contribution in [2.75, 3.05) is 10.6 Å². The van der Waals surface area contributed by atoms with E-state index in [1.807, 2.05) is 57.2 Å². The molecule has 3 rings (SSSR count). The smallest absolute Gasteiger partial charge is 0.320 e. The summed E-state index contributed by atoms with van der Waals surface area (Å²) in [4.78, 5) is 25.8. The van der Waals surface area contributed by atoms with Gasteiger partial charge in [-0.1, -0.05) is 43.0 Å². The minimum absolute atomic E-state index is 0.142. The van der Waals surface area contributed by atoms with Crippen LogP contribution in [0.2, 0.25) is 0 Å². The first-order valence-electron chi connectivity index (χ1n) is 9.92. The highest BCUT2D eigenvalue weighted by molar-refractivity contribution is 6.02. The average molecular weight is 380 g/mol. The number of nitrogens with one attached hydrogen (secondary N) is 3. The van der Waals surface area contributed by atoms with E-state index < -0.39 is 5.54 Å². The van der Waals surface area contributed by atoms with Crippen LogP contribution in [0.1, 0.15) is 48.8 Å². The molecule has 0 radical (unpaired) electrons. The van der Waals surface area contributed by atoms with Crippen LogP contribution in [0.25, 0.3) is 0 Å². The number of amides is 3. The summed E-state index contributed by atoms with van der Waals surface area (Å²) in [5.41, 5.74) is 3.92. The number of urea groups is 1. The third kappa shape index (κ3) is 4.91. The lowest BCUT2D eigenvalue weighted by Gasteiger charge is -2.36. The maximum Gasteiger partial charge on any atom is 0.320 e. The molecule has 3 N–H and O–H groups in total. The molecule has 1 aliphatic carbocycles. The highest BCUT2D eigenvalue weighted by atomic mass is 16.2. The van der Waals surface area contributed by atoms with Crippen LogP contribution in [0.3, 0.4) is 0 Å². The first kappa shape index (κ1) is 19.9. The number of carbonyl (C=O) groups excluding carboxylic acids is 2. The van der Waals surface area contributed by atoms with E-state index in [1.54, 1.807) is 0 Å². The van der Waals surface area contributed by atoms with E-state index in [-0.39, 0.29) is 11.9 Å². The first-order valence-corrected chi connectivity index (χ1v) is 9.92. The highest BCUT2D eigenvalue weighted by Crippen LogP contribution is 2.30. The Kier molecular flexibility index (Phi) is 6.02. The quantitative estimate of drug-likeness (QED) is 0.694. The summed E-state index contributed by atoms with van der Waals surface area (Å²) in [7, 11) is 0. The molecule has 5 heteroatoms. The van der Waals surface area contributed by atoms with Gasteiger partial charge in [0.25, 0.3) is 0 Å². The predicted molar refractivity (Wildman–Crippen MR) is 114 cm³/mol. The van der Waals surface area contributed by atoms with Crippen LogP contribution >= 0.6 is 0 Å². The van der Waals surface area contributed by atoms with Gasteiger partial charge in [-0.3, -0.25) is 4.79 Å². The molecular formula is C23H29N3O2. The Morgan fingerprint density at radius 1 is 0.750 bits per heavy atom. The number of carbonyl (C=O) groups is 2. The average Bonchev–Trinajstić information content (AvgIpc) is 2.63. The summed E-state index contributed by atoms with van der Waals surface area (Å²) >= 11 is 0. The molecule has 0 aromatic heterocycles. The van der Waals surface area contributed by atoms with Crippen molar-refractivity contribution in [3.63, 3.8) is 0 Å². The number of benzene rings is 2. The van der Waals surface area contributed by atoms with Crippen LogP contribution in [-0.4, -0.2) is 17.5 Å². The summed E-state index contributed by atoms with van der Waals surface area (Å²) in [6.07, 6.45) is 4.21. The number of hydrogen-bond acceptors (Lipinski definition) is 2. The SMILES string of the molecule is Cc1ccc(NC(=O)NC2(C(=O)Nc3cc(C)cc(C)c3)CCCCC2)cc1. The Labute approximate surface area is 166 Å². The molecule has 0 atom stereocenters. The largest absolute Gasteiger partial charge is 0.324 e. The summed E-state index contributed by atoms with van der Waals surface area (Å²) in [6, 6.07) is 13.2. The standard InChI is InChI=1S/C23H29N3O2/c1-16-7-9-19(10-8-16)25-22(28)26-23(11-5-4-6-12-23)21(27)24-20-14-17(2)13-18(3)15-20/h7-10,13-15H,4-6,11-12H2,1-3H3,(H,24,27)(H2,25,26,28). The predicted octanol–water partition coefficient (Wildman–Crippen LogP) is 5.07. The van der Waals surface area contributed by atoms with Gasteiger partial charge in [0.15, 0.2) is 0 Å². The molecular weight excluding hydrogens is 350 g/mol. The van der Waals surface area contributed by atoms with E-state index in [2.05, 4.69) is 22.0 Å². The van der Waals surface area contributed by atoms with Gasteiger partial charge < -0.3 is 16.0 Å². The number of hydrogen-bond donors (Lipinski definition) is 3. The fraction of sp³-hybridized carbons (Fsp3) is 0.391. The number of aryl methyl sites for hydroxylation is 3. The van der Waals surface area contributed by atoms with E-state index in [1.165, 1.54) is 0 Å². The third-order valence-corrected chi connectivity index (χ3v) is 5.28. The van der Waals surface area contributed by atoms with Gasteiger partial charge in [0, 0.05) is 11.4 Å². The first-order chi connectivity index (χ1) is 13.4. The zero-order valence-corrected chi connectivity index (χ0v) is 16.9. The fourth-order valence-electron chi connectivity index (χ4n) is 3.88. The molecule has 1 saturated carbocycles. The van der Waals surface area contributed by atoms with Crippen LogP contribution in [0.5, 0.6) is 0 Å². The van der Waals surface area contributed by atoms with Crippen molar-refractivity contribution in [3.8, 4) is 0 Å². The van der Waals surface area contributed by atoms with Gasteiger partial charge in [-0.05, 0) is 69.0 Å². The fourth-order valence-corrected chi connectivity index (χ4v) is 3.88. The van der Waals surface area contributed by atoms with Crippen molar-refractivity contribution < 1.29 is 9.59 Å². The zero-order valence-electron chi connectivity index (χ0n) is 16.9. The molecule has 2 aromatic rings.